The van der Waals surface area contributed by atoms with Crippen molar-refractivity contribution in [3.63, 3.8) is 0 Å². The summed E-state index contributed by atoms with van der Waals surface area (Å²) >= 11 is 0. The van der Waals surface area contributed by atoms with Crippen molar-refractivity contribution in [1.29, 1.82) is 0 Å². The van der Waals surface area contributed by atoms with Gasteiger partial charge in [-0.2, -0.15) is 0 Å². The van der Waals surface area contributed by atoms with Gasteiger partial charge in [0.15, 0.2) is 0 Å². The second-order valence-corrected chi connectivity index (χ2v) is 7.77. The number of benzene rings is 2. The van der Waals surface area contributed by atoms with Gasteiger partial charge in [0.2, 0.25) is 0 Å². The number of halogens is 1. The molecule has 0 radical (unpaired) electrons. The molecule has 0 aliphatic heterocycles. The average molecular weight is 445 g/mol. The van der Waals surface area contributed by atoms with Gasteiger partial charge in [0.05, 0.1) is 11.7 Å². The minimum Gasteiger partial charge on any atom is -0.491 e. The van der Waals surface area contributed by atoms with E-state index >= 15 is 0 Å². The summed E-state index contributed by atoms with van der Waals surface area (Å²) in [5.74, 6) is -0.916. The Kier molecular flexibility index (Phi) is 6.90. The molecule has 2 aromatic carbocycles. The van der Waals surface area contributed by atoms with E-state index in [1.807, 2.05) is 55.5 Å². The number of nitrogens with zero attached hydrogens (tertiary/aromatic N) is 2. The van der Waals surface area contributed by atoms with E-state index in [4.69, 9.17) is 15.2 Å². The van der Waals surface area contributed by atoms with Crippen LogP contribution in [0.25, 0.3) is 10.9 Å². The Hall–Kier alpha value is -3.84. The number of fused-ring (bicyclic) bond motifs is 1. The molecule has 6 nitrogen and oxygen atoms in total. The number of pyridine rings is 2. The van der Waals surface area contributed by atoms with Crippen LogP contribution in [0, 0.1) is 12.7 Å². The largest absolute Gasteiger partial charge is 0.491 e. The van der Waals surface area contributed by atoms with Gasteiger partial charge in [-0.3, -0.25) is 9.97 Å². The summed E-state index contributed by atoms with van der Waals surface area (Å²) in [6.45, 7) is 2.14. The summed E-state index contributed by atoms with van der Waals surface area (Å²) in [6.07, 6.45) is 1.62. The van der Waals surface area contributed by atoms with Gasteiger partial charge < -0.3 is 15.2 Å². The standard InChI is InChI=1S/C26H24FN3O3/c1-17-6-5-9-21(30-17)13-20(28)16-32-24-11-10-23-22(12-19(27)14-29-23)25(24)26(31)33-15-18-7-3-2-4-8-18/h2-12,14,20H,13,15-16,28H2,1H3/t20-/m1/s1. The first-order valence-corrected chi connectivity index (χ1v) is 10.6. The number of esters is 1. The van der Waals surface area contributed by atoms with Gasteiger partial charge >= 0.3 is 5.97 Å². The lowest BCUT2D eigenvalue weighted by Gasteiger charge is -2.17. The molecule has 2 N–H and O–H groups in total. The molecule has 4 rings (SSSR count). The van der Waals surface area contributed by atoms with Crippen molar-refractivity contribution < 1.29 is 18.7 Å². The Labute approximate surface area is 191 Å². The molecule has 2 aromatic heterocycles. The van der Waals surface area contributed by atoms with Crippen molar-refractivity contribution in [3.05, 3.63) is 101 Å². The summed E-state index contributed by atoms with van der Waals surface area (Å²) in [4.78, 5) is 21.6. The highest BCUT2D eigenvalue weighted by Gasteiger charge is 2.20. The molecule has 7 heteroatoms. The highest BCUT2D eigenvalue weighted by Crippen LogP contribution is 2.29. The first-order chi connectivity index (χ1) is 16.0. The lowest BCUT2D eigenvalue weighted by atomic mass is 10.1. The molecule has 2 heterocycles. The summed E-state index contributed by atoms with van der Waals surface area (Å²) in [7, 11) is 0. The van der Waals surface area contributed by atoms with E-state index in [0.717, 1.165) is 23.1 Å². The van der Waals surface area contributed by atoms with Gasteiger partial charge in [-0.15, -0.1) is 0 Å². The van der Waals surface area contributed by atoms with E-state index < -0.39 is 11.8 Å². The Bertz CT molecular complexity index is 1260. The Morgan fingerprint density at radius 1 is 1.09 bits per heavy atom. The van der Waals surface area contributed by atoms with E-state index in [2.05, 4.69) is 9.97 Å². The molecular weight excluding hydrogens is 421 g/mol. The van der Waals surface area contributed by atoms with Crippen molar-refractivity contribution >= 4 is 16.9 Å². The first kappa shape index (κ1) is 22.4. The monoisotopic (exact) mass is 445 g/mol. The zero-order valence-corrected chi connectivity index (χ0v) is 18.2. The van der Waals surface area contributed by atoms with Gasteiger partial charge in [0.1, 0.15) is 30.3 Å². The van der Waals surface area contributed by atoms with Crippen LogP contribution < -0.4 is 10.5 Å². The lowest BCUT2D eigenvalue weighted by molar-refractivity contribution is 0.0470. The Morgan fingerprint density at radius 3 is 2.70 bits per heavy atom. The van der Waals surface area contributed by atoms with Gasteiger partial charge in [0.25, 0.3) is 0 Å². The number of nitrogens with two attached hydrogens (primary N) is 1. The number of rotatable bonds is 8. The Balaban J connectivity index is 1.55. The molecule has 0 aliphatic carbocycles. The predicted octanol–water partition coefficient (Wildman–Crippen LogP) is 4.38. The van der Waals surface area contributed by atoms with Crippen molar-refractivity contribution in [2.45, 2.75) is 26.0 Å². The summed E-state index contributed by atoms with van der Waals surface area (Å²) in [5.41, 5.74) is 9.44. The van der Waals surface area contributed by atoms with Crippen LogP contribution in [-0.4, -0.2) is 28.6 Å². The molecule has 0 spiro atoms. The van der Waals surface area contributed by atoms with E-state index in [1.54, 1.807) is 12.1 Å². The van der Waals surface area contributed by atoms with Gasteiger partial charge in [-0.25, -0.2) is 9.18 Å². The van der Waals surface area contributed by atoms with Crippen molar-refractivity contribution in [2.24, 2.45) is 5.73 Å². The van der Waals surface area contributed by atoms with Crippen LogP contribution >= 0.6 is 0 Å². The van der Waals surface area contributed by atoms with Crippen molar-refractivity contribution in [2.75, 3.05) is 6.61 Å². The van der Waals surface area contributed by atoms with Crippen LogP contribution in [0.5, 0.6) is 5.75 Å². The van der Waals surface area contributed by atoms with Crippen LogP contribution in [0.1, 0.15) is 27.3 Å². The minimum absolute atomic E-state index is 0.0801. The fraction of sp³-hybridized carbons (Fsp3) is 0.192. The lowest BCUT2D eigenvalue weighted by Crippen LogP contribution is -2.31. The maximum Gasteiger partial charge on any atom is 0.342 e. The van der Waals surface area contributed by atoms with Crippen molar-refractivity contribution in [3.8, 4) is 5.75 Å². The number of carbonyl (C=O) groups is 1. The number of hydrogen-bond acceptors (Lipinski definition) is 6. The third kappa shape index (κ3) is 5.70. The Morgan fingerprint density at radius 2 is 1.91 bits per heavy atom. The number of carbonyl (C=O) groups excluding carboxylic acids is 1. The maximum atomic E-state index is 14.0. The predicted molar refractivity (Wildman–Crippen MR) is 123 cm³/mol. The van der Waals surface area contributed by atoms with Crippen LogP contribution in [0.4, 0.5) is 4.39 Å². The fourth-order valence-corrected chi connectivity index (χ4v) is 3.52. The smallest absolute Gasteiger partial charge is 0.342 e. The van der Waals surface area contributed by atoms with E-state index in [0.29, 0.717) is 17.3 Å². The van der Waals surface area contributed by atoms with Gasteiger partial charge in [-0.1, -0.05) is 36.4 Å². The third-order valence-electron chi connectivity index (χ3n) is 5.08. The fourth-order valence-electron chi connectivity index (χ4n) is 3.52. The number of aromatic nitrogens is 2. The van der Waals surface area contributed by atoms with E-state index in [9.17, 15) is 9.18 Å². The molecule has 0 unspecified atom stereocenters. The molecule has 0 amide bonds. The van der Waals surface area contributed by atoms with E-state index in [-0.39, 0.29) is 30.6 Å². The summed E-state index contributed by atoms with van der Waals surface area (Å²) in [5, 5.41) is 0.319. The topological polar surface area (TPSA) is 87.3 Å². The summed E-state index contributed by atoms with van der Waals surface area (Å²) in [6, 6.07) is 19.3. The van der Waals surface area contributed by atoms with Crippen LogP contribution in [0.15, 0.2) is 72.9 Å². The molecule has 1 atom stereocenters. The van der Waals surface area contributed by atoms with Crippen molar-refractivity contribution in [1.82, 2.24) is 9.97 Å². The molecule has 0 saturated carbocycles. The quantitative estimate of drug-likeness (QED) is 0.405. The third-order valence-corrected chi connectivity index (χ3v) is 5.08. The minimum atomic E-state index is -0.624. The SMILES string of the molecule is Cc1cccc(C[C@@H](N)COc2ccc3ncc(F)cc3c2C(=O)OCc2ccccc2)n1. The molecule has 168 valence electrons. The van der Waals surface area contributed by atoms with Gasteiger partial charge in [0, 0.05) is 29.2 Å². The molecular formula is C26H24FN3O3. The van der Waals surface area contributed by atoms with Crippen LogP contribution in [-0.2, 0) is 17.8 Å². The van der Waals surface area contributed by atoms with Crippen LogP contribution in [0.2, 0.25) is 0 Å². The maximum absolute atomic E-state index is 14.0. The molecule has 0 fully saturated rings. The van der Waals surface area contributed by atoms with E-state index in [1.165, 1.54) is 6.07 Å². The first-order valence-electron chi connectivity index (χ1n) is 10.6. The van der Waals surface area contributed by atoms with Crippen LogP contribution in [0.3, 0.4) is 0 Å². The average Bonchev–Trinajstić information content (AvgIpc) is 2.81. The zero-order chi connectivity index (χ0) is 23.2. The second kappa shape index (κ2) is 10.2. The zero-order valence-electron chi connectivity index (χ0n) is 18.2. The molecule has 0 aliphatic rings. The highest BCUT2D eigenvalue weighted by molar-refractivity contribution is 6.06. The molecule has 0 saturated heterocycles. The normalized spacial score (nSPS) is 11.8. The number of ether oxygens (including phenoxy) is 2. The molecule has 4 aromatic rings. The highest BCUT2D eigenvalue weighted by atomic mass is 19.1. The van der Waals surface area contributed by atoms with Gasteiger partial charge in [-0.05, 0) is 42.8 Å². The number of hydrogen-bond donors (Lipinski definition) is 1. The number of aryl methyl sites for hydroxylation is 1. The molecule has 0 bridgehead atoms. The second-order valence-electron chi connectivity index (χ2n) is 7.77. The molecule has 33 heavy (non-hydrogen) atoms. The summed E-state index contributed by atoms with van der Waals surface area (Å²) < 4.78 is 25.4.